The third kappa shape index (κ3) is 4.74. The first kappa shape index (κ1) is 17.8. The first-order chi connectivity index (χ1) is 11.6. The Morgan fingerprint density at radius 1 is 1.17 bits per heavy atom. The normalized spacial score (nSPS) is 35.4. The van der Waals surface area contributed by atoms with Crippen LogP contribution >= 0.6 is 0 Å². The van der Waals surface area contributed by atoms with Gasteiger partial charge in [0.05, 0.1) is 11.5 Å². The highest BCUT2D eigenvalue weighted by Crippen LogP contribution is 2.42. The van der Waals surface area contributed by atoms with Crippen LogP contribution in [0.25, 0.3) is 0 Å². The lowest BCUT2D eigenvalue weighted by Crippen LogP contribution is -2.46. The zero-order valence-electron chi connectivity index (χ0n) is 14.5. The van der Waals surface area contributed by atoms with Crippen molar-refractivity contribution >= 4 is 15.8 Å². The highest BCUT2D eigenvalue weighted by atomic mass is 32.2. The van der Waals surface area contributed by atoms with Crippen molar-refractivity contribution in [3.63, 3.8) is 0 Å². The van der Waals surface area contributed by atoms with Crippen molar-refractivity contribution in [3.8, 4) is 0 Å². The molecule has 0 bridgehead atoms. The standard InChI is InChI=1S/C18H31N3O2S/c1-2-9-19-18(20-12-14-8-10-24(22,23)13-14)21-17-7-6-15-4-3-5-16(15)11-17/h2,14-17H,1,3-13H2,(H2,19,20,21). The van der Waals surface area contributed by atoms with E-state index in [1.165, 1.54) is 38.5 Å². The number of hydrogen-bond donors (Lipinski definition) is 2. The molecule has 2 saturated carbocycles. The van der Waals surface area contributed by atoms with Crippen molar-refractivity contribution in [1.82, 2.24) is 10.6 Å². The van der Waals surface area contributed by atoms with E-state index in [1.807, 2.05) is 6.08 Å². The SMILES string of the molecule is C=CCNC(=NCC1CCS(=O)(=O)C1)NC1CCC2CCCC2C1. The summed E-state index contributed by atoms with van der Waals surface area (Å²) in [6.07, 6.45) is 10.6. The van der Waals surface area contributed by atoms with Gasteiger partial charge in [0.25, 0.3) is 0 Å². The van der Waals surface area contributed by atoms with Gasteiger partial charge in [-0.05, 0) is 43.4 Å². The molecule has 0 amide bonds. The van der Waals surface area contributed by atoms with E-state index in [1.54, 1.807) is 0 Å². The Morgan fingerprint density at radius 2 is 2.00 bits per heavy atom. The summed E-state index contributed by atoms with van der Waals surface area (Å²) in [6, 6.07) is 0.493. The van der Waals surface area contributed by atoms with Crippen LogP contribution in [0.2, 0.25) is 0 Å². The molecule has 1 saturated heterocycles. The predicted molar refractivity (Wildman–Crippen MR) is 98.9 cm³/mol. The summed E-state index contributed by atoms with van der Waals surface area (Å²) in [5, 5.41) is 6.88. The second-order valence-electron chi connectivity index (χ2n) is 7.73. The van der Waals surface area contributed by atoms with Crippen molar-refractivity contribution in [2.24, 2.45) is 22.7 Å². The van der Waals surface area contributed by atoms with E-state index in [9.17, 15) is 8.42 Å². The van der Waals surface area contributed by atoms with E-state index < -0.39 is 9.84 Å². The number of guanidine groups is 1. The second-order valence-corrected chi connectivity index (χ2v) is 9.96. The van der Waals surface area contributed by atoms with Gasteiger partial charge < -0.3 is 10.6 Å². The number of nitrogens with zero attached hydrogens (tertiary/aromatic N) is 1. The quantitative estimate of drug-likeness (QED) is 0.451. The molecule has 136 valence electrons. The molecule has 0 aromatic carbocycles. The van der Waals surface area contributed by atoms with Crippen LogP contribution in [0, 0.1) is 17.8 Å². The number of fused-ring (bicyclic) bond motifs is 1. The van der Waals surface area contributed by atoms with Crippen LogP contribution < -0.4 is 10.6 Å². The van der Waals surface area contributed by atoms with Crippen LogP contribution in [0.3, 0.4) is 0 Å². The summed E-state index contributed by atoms with van der Waals surface area (Å²) in [5.41, 5.74) is 0. The zero-order chi connectivity index (χ0) is 17.0. The van der Waals surface area contributed by atoms with Gasteiger partial charge in [-0.15, -0.1) is 6.58 Å². The molecule has 4 unspecified atom stereocenters. The van der Waals surface area contributed by atoms with Gasteiger partial charge in [0, 0.05) is 19.1 Å². The van der Waals surface area contributed by atoms with E-state index in [0.29, 0.717) is 30.6 Å². The maximum Gasteiger partial charge on any atom is 0.191 e. The van der Waals surface area contributed by atoms with E-state index in [2.05, 4.69) is 22.2 Å². The predicted octanol–water partition coefficient (Wildman–Crippen LogP) is 2.11. The van der Waals surface area contributed by atoms with Gasteiger partial charge >= 0.3 is 0 Å². The highest BCUT2D eigenvalue weighted by molar-refractivity contribution is 7.91. The third-order valence-electron chi connectivity index (χ3n) is 5.88. The van der Waals surface area contributed by atoms with Gasteiger partial charge in [0.1, 0.15) is 0 Å². The molecule has 24 heavy (non-hydrogen) atoms. The fraction of sp³-hybridized carbons (Fsp3) is 0.833. The fourth-order valence-corrected chi connectivity index (χ4v) is 6.43. The lowest BCUT2D eigenvalue weighted by Gasteiger charge is -2.33. The Kier molecular flexibility index (Phi) is 5.85. The van der Waals surface area contributed by atoms with E-state index in [4.69, 9.17) is 0 Å². The molecule has 0 aromatic heterocycles. The van der Waals surface area contributed by atoms with E-state index in [0.717, 1.165) is 24.2 Å². The van der Waals surface area contributed by atoms with Crippen LogP contribution in [-0.4, -0.2) is 45.0 Å². The average molecular weight is 354 g/mol. The summed E-state index contributed by atoms with van der Waals surface area (Å²) in [4.78, 5) is 4.67. The average Bonchev–Trinajstić information content (AvgIpc) is 3.15. The Labute approximate surface area is 146 Å². The Hall–Kier alpha value is -1.04. The minimum Gasteiger partial charge on any atom is -0.354 e. The van der Waals surface area contributed by atoms with Crippen LogP contribution in [0.1, 0.15) is 44.9 Å². The largest absolute Gasteiger partial charge is 0.354 e. The number of aliphatic imine (C=N–C) groups is 1. The summed E-state index contributed by atoms with van der Waals surface area (Å²) in [5.74, 6) is 3.44. The lowest BCUT2D eigenvalue weighted by atomic mass is 9.79. The minimum absolute atomic E-state index is 0.169. The molecule has 6 heteroatoms. The summed E-state index contributed by atoms with van der Waals surface area (Å²) in [7, 11) is -2.82. The highest BCUT2D eigenvalue weighted by Gasteiger charge is 2.34. The molecule has 2 aliphatic carbocycles. The number of rotatable bonds is 5. The topological polar surface area (TPSA) is 70.6 Å². The van der Waals surface area contributed by atoms with Gasteiger partial charge in [0.15, 0.2) is 15.8 Å². The van der Waals surface area contributed by atoms with E-state index >= 15 is 0 Å². The van der Waals surface area contributed by atoms with Crippen LogP contribution in [0.5, 0.6) is 0 Å². The minimum atomic E-state index is -2.82. The Bertz CT molecular complexity index is 573. The summed E-state index contributed by atoms with van der Waals surface area (Å²) in [6.45, 7) is 5.02. The maximum atomic E-state index is 11.6. The Morgan fingerprint density at radius 3 is 2.75 bits per heavy atom. The summed E-state index contributed by atoms with van der Waals surface area (Å²) < 4.78 is 23.2. The van der Waals surface area contributed by atoms with Crippen LogP contribution in [0.15, 0.2) is 17.6 Å². The third-order valence-corrected chi connectivity index (χ3v) is 7.72. The molecule has 2 N–H and O–H groups in total. The number of hydrogen-bond acceptors (Lipinski definition) is 3. The molecular formula is C18H31N3O2S. The lowest BCUT2D eigenvalue weighted by molar-refractivity contribution is 0.239. The van der Waals surface area contributed by atoms with Crippen molar-refractivity contribution in [2.45, 2.75) is 51.0 Å². The fourth-order valence-electron chi connectivity index (χ4n) is 4.58. The van der Waals surface area contributed by atoms with Crippen molar-refractivity contribution in [2.75, 3.05) is 24.6 Å². The van der Waals surface area contributed by atoms with Crippen molar-refractivity contribution in [1.29, 1.82) is 0 Å². The smallest absolute Gasteiger partial charge is 0.191 e. The first-order valence-electron chi connectivity index (χ1n) is 9.42. The van der Waals surface area contributed by atoms with Crippen LogP contribution in [0.4, 0.5) is 0 Å². The van der Waals surface area contributed by atoms with Crippen molar-refractivity contribution in [3.05, 3.63) is 12.7 Å². The van der Waals surface area contributed by atoms with Gasteiger partial charge in [-0.3, -0.25) is 4.99 Å². The summed E-state index contributed by atoms with van der Waals surface area (Å²) >= 11 is 0. The number of sulfone groups is 1. The first-order valence-corrected chi connectivity index (χ1v) is 11.2. The maximum absolute atomic E-state index is 11.6. The molecular weight excluding hydrogens is 322 g/mol. The molecule has 0 aromatic rings. The Balaban J connectivity index is 1.54. The van der Waals surface area contributed by atoms with Gasteiger partial charge in [0.2, 0.25) is 0 Å². The molecule has 0 spiro atoms. The monoisotopic (exact) mass is 353 g/mol. The molecule has 5 nitrogen and oxygen atoms in total. The van der Waals surface area contributed by atoms with Gasteiger partial charge in [-0.1, -0.05) is 25.3 Å². The molecule has 3 fully saturated rings. The number of nitrogens with one attached hydrogen (secondary N) is 2. The molecule has 3 rings (SSSR count). The van der Waals surface area contributed by atoms with Crippen molar-refractivity contribution < 1.29 is 8.42 Å². The molecule has 1 heterocycles. The molecule has 0 radical (unpaired) electrons. The molecule has 1 aliphatic heterocycles. The zero-order valence-corrected chi connectivity index (χ0v) is 15.4. The molecule has 4 atom stereocenters. The van der Waals surface area contributed by atoms with E-state index in [-0.39, 0.29) is 5.92 Å². The molecule has 3 aliphatic rings. The van der Waals surface area contributed by atoms with Gasteiger partial charge in [-0.25, -0.2) is 8.42 Å². The second kappa shape index (κ2) is 7.89. The van der Waals surface area contributed by atoms with Gasteiger partial charge in [-0.2, -0.15) is 0 Å². The van der Waals surface area contributed by atoms with Crippen LogP contribution in [-0.2, 0) is 9.84 Å².